The van der Waals surface area contributed by atoms with Gasteiger partial charge in [-0.1, -0.05) is 6.92 Å². The number of hydrogen-bond donors (Lipinski definition) is 0. The van der Waals surface area contributed by atoms with Crippen LogP contribution in [0.15, 0.2) is 12.5 Å². The van der Waals surface area contributed by atoms with E-state index < -0.39 is 4.92 Å². The SMILES string of the molecule is CC1CCN(C(=O)Cn2cnc([N+](=O)[O-])c2)CC1. The van der Waals surface area contributed by atoms with Crippen LogP contribution < -0.4 is 0 Å². The van der Waals surface area contributed by atoms with E-state index >= 15 is 0 Å². The van der Waals surface area contributed by atoms with Crippen LogP contribution in [0.1, 0.15) is 19.8 Å². The van der Waals surface area contributed by atoms with Crippen molar-refractivity contribution >= 4 is 11.7 Å². The molecule has 18 heavy (non-hydrogen) atoms. The number of carbonyl (C=O) groups excluding carboxylic acids is 1. The maximum Gasteiger partial charge on any atom is 0.381 e. The number of amides is 1. The summed E-state index contributed by atoms with van der Waals surface area (Å²) in [5.74, 6) is 0.438. The molecule has 1 saturated heterocycles. The van der Waals surface area contributed by atoms with Crippen molar-refractivity contribution < 1.29 is 9.72 Å². The normalized spacial score (nSPS) is 16.8. The van der Waals surface area contributed by atoms with Crippen LogP contribution in [0.2, 0.25) is 0 Å². The van der Waals surface area contributed by atoms with Crippen molar-refractivity contribution in [1.29, 1.82) is 0 Å². The third-order valence-electron chi connectivity index (χ3n) is 3.26. The van der Waals surface area contributed by atoms with Gasteiger partial charge >= 0.3 is 5.82 Å². The summed E-state index contributed by atoms with van der Waals surface area (Å²) in [7, 11) is 0. The van der Waals surface area contributed by atoms with Gasteiger partial charge < -0.3 is 19.6 Å². The molecule has 98 valence electrons. The van der Waals surface area contributed by atoms with E-state index in [2.05, 4.69) is 11.9 Å². The lowest BCUT2D eigenvalue weighted by atomic mass is 9.99. The Morgan fingerprint density at radius 3 is 2.78 bits per heavy atom. The van der Waals surface area contributed by atoms with Crippen molar-refractivity contribution in [2.45, 2.75) is 26.3 Å². The average molecular weight is 252 g/mol. The molecule has 2 rings (SSSR count). The Morgan fingerprint density at radius 1 is 1.56 bits per heavy atom. The number of hydrogen-bond acceptors (Lipinski definition) is 4. The summed E-state index contributed by atoms with van der Waals surface area (Å²) >= 11 is 0. The van der Waals surface area contributed by atoms with Crippen LogP contribution in [-0.2, 0) is 11.3 Å². The lowest BCUT2D eigenvalue weighted by molar-refractivity contribution is -0.389. The number of rotatable bonds is 3. The number of aromatic nitrogens is 2. The summed E-state index contributed by atoms with van der Waals surface area (Å²) in [5, 5.41) is 10.5. The number of imidazole rings is 1. The fourth-order valence-electron chi connectivity index (χ4n) is 2.04. The smallest absolute Gasteiger partial charge is 0.358 e. The molecule has 1 aromatic heterocycles. The summed E-state index contributed by atoms with van der Waals surface area (Å²) in [6, 6.07) is 0. The minimum absolute atomic E-state index is 0.00537. The van der Waals surface area contributed by atoms with E-state index in [4.69, 9.17) is 0 Å². The van der Waals surface area contributed by atoms with Gasteiger partial charge in [0.15, 0.2) is 0 Å². The van der Waals surface area contributed by atoms with E-state index in [1.54, 1.807) is 0 Å². The monoisotopic (exact) mass is 252 g/mol. The molecule has 0 aromatic carbocycles. The van der Waals surface area contributed by atoms with Gasteiger partial charge in [-0.15, -0.1) is 0 Å². The van der Waals surface area contributed by atoms with Crippen LogP contribution in [0, 0.1) is 16.0 Å². The molecule has 1 aliphatic rings. The molecular weight excluding hydrogens is 236 g/mol. The van der Waals surface area contributed by atoms with Gasteiger partial charge in [-0.2, -0.15) is 0 Å². The maximum absolute atomic E-state index is 12.0. The highest BCUT2D eigenvalue weighted by Gasteiger charge is 2.21. The second kappa shape index (κ2) is 5.16. The first-order valence-corrected chi connectivity index (χ1v) is 6.00. The molecule has 7 heteroatoms. The minimum Gasteiger partial charge on any atom is -0.358 e. The summed E-state index contributed by atoms with van der Waals surface area (Å²) in [5.41, 5.74) is 0. The minimum atomic E-state index is -0.566. The van der Waals surface area contributed by atoms with Crippen LogP contribution in [0.4, 0.5) is 5.82 Å². The summed E-state index contributed by atoms with van der Waals surface area (Å²) in [6.07, 6.45) is 4.65. The van der Waals surface area contributed by atoms with Crippen molar-refractivity contribution in [2.75, 3.05) is 13.1 Å². The average Bonchev–Trinajstić information content (AvgIpc) is 2.78. The van der Waals surface area contributed by atoms with Crippen LogP contribution in [-0.4, -0.2) is 38.4 Å². The second-order valence-electron chi connectivity index (χ2n) is 4.72. The Labute approximate surface area is 105 Å². The molecule has 0 N–H and O–H groups in total. The Hall–Kier alpha value is -1.92. The lowest BCUT2D eigenvalue weighted by Crippen LogP contribution is -2.39. The zero-order valence-corrected chi connectivity index (χ0v) is 10.3. The maximum atomic E-state index is 12.0. The Kier molecular flexibility index (Phi) is 3.59. The molecule has 0 saturated carbocycles. The summed E-state index contributed by atoms with van der Waals surface area (Å²) in [6.45, 7) is 3.85. The molecule has 0 bridgehead atoms. The van der Waals surface area contributed by atoms with Crippen molar-refractivity contribution in [1.82, 2.24) is 14.5 Å². The van der Waals surface area contributed by atoms with Crippen molar-refractivity contribution in [3.05, 3.63) is 22.6 Å². The first-order chi connectivity index (χ1) is 8.56. The molecule has 1 fully saturated rings. The quantitative estimate of drug-likeness (QED) is 0.594. The highest BCUT2D eigenvalue weighted by molar-refractivity contribution is 5.76. The van der Waals surface area contributed by atoms with Crippen LogP contribution in [0.3, 0.4) is 0 Å². The summed E-state index contributed by atoms with van der Waals surface area (Å²) < 4.78 is 1.46. The number of piperidine rings is 1. The van der Waals surface area contributed by atoms with Gasteiger partial charge in [0.2, 0.25) is 12.2 Å². The first-order valence-electron chi connectivity index (χ1n) is 6.00. The molecule has 0 unspecified atom stereocenters. The molecule has 1 amide bonds. The molecule has 2 heterocycles. The molecule has 1 aromatic rings. The number of likely N-dealkylation sites (tertiary alicyclic amines) is 1. The number of carbonyl (C=O) groups is 1. The third-order valence-corrected chi connectivity index (χ3v) is 3.26. The Morgan fingerprint density at radius 2 is 2.22 bits per heavy atom. The predicted octanol–water partition coefficient (Wildman–Crippen LogP) is 1.05. The first kappa shape index (κ1) is 12.5. The molecular formula is C11H16N4O3. The van der Waals surface area contributed by atoms with Crippen LogP contribution >= 0.6 is 0 Å². The topological polar surface area (TPSA) is 81.3 Å². The van der Waals surface area contributed by atoms with Gasteiger partial charge in [-0.3, -0.25) is 4.79 Å². The highest BCUT2D eigenvalue weighted by atomic mass is 16.6. The van der Waals surface area contributed by atoms with E-state index in [9.17, 15) is 14.9 Å². The van der Waals surface area contributed by atoms with Crippen molar-refractivity contribution in [3.63, 3.8) is 0 Å². The highest BCUT2D eigenvalue weighted by Crippen LogP contribution is 2.16. The van der Waals surface area contributed by atoms with E-state index in [1.807, 2.05) is 4.90 Å². The van der Waals surface area contributed by atoms with E-state index in [-0.39, 0.29) is 18.3 Å². The van der Waals surface area contributed by atoms with Gasteiger partial charge in [0.05, 0.1) is 0 Å². The van der Waals surface area contributed by atoms with Gasteiger partial charge in [-0.25, -0.2) is 0 Å². The number of nitrogens with zero attached hydrogens (tertiary/aromatic N) is 4. The van der Waals surface area contributed by atoms with Crippen molar-refractivity contribution in [2.24, 2.45) is 5.92 Å². The Bertz CT molecular complexity index is 449. The molecule has 0 radical (unpaired) electrons. The number of nitro groups is 1. The Balaban J connectivity index is 1.92. The molecule has 0 atom stereocenters. The fraction of sp³-hybridized carbons (Fsp3) is 0.636. The molecule has 1 aliphatic heterocycles. The van der Waals surface area contributed by atoms with E-state index in [0.717, 1.165) is 25.9 Å². The zero-order valence-electron chi connectivity index (χ0n) is 10.3. The molecule has 0 aliphatic carbocycles. The zero-order chi connectivity index (χ0) is 13.1. The molecule has 0 spiro atoms. The van der Waals surface area contributed by atoms with Crippen LogP contribution in [0.5, 0.6) is 0 Å². The standard InChI is InChI=1S/C11H16N4O3/c1-9-2-4-14(5-3-9)11(16)7-13-6-10(12-8-13)15(17)18/h6,8-9H,2-5,7H2,1H3. The third kappa shape index (κ3) is 2.85. The molecule has 7 nitrogen and oxygen atoms in total. The van der Waals surface area contributed by atoms with Gasteiger partial charge in [0.25, 0.3) is 0 Å². The van der Waals surface area contributed by atoms with E-state index in [0.29, 0.717) is 5.92 Å². The van der Waals surface area contributed by atoms with E-state index in [1.165, 1.54) is 17.1 Å². The fourth-order valence-corrected chi connectivity index (χ4v) is 2.04. The van der Waals surface area contributed by atoms with Gasteiger partial charge in [0.1, 0.15) is 12.7 Å². The lowest BCUT2D eigenvalue weighted by Gasteiger charge is -2.30. The van der Waals surface area contributed by atoms with Crippen LogP contribution in [0.25, 0.3) is 0 Å². The van der Waals surface area contributed by atoms with Crippen molar-refractivity contribution in [3.8, 4) is 0 Å². The largest absolute Gasteiger partial charge is 0.381 e. The second-order valence-corrected chi connectivity index (χ2v) is 4.72. The van der Waals surface area contributed by atoms with Gasteiger partial charge in [-0.05, 0) is 28.7 Å². The predicted molar refractivity (Wildman–Crippen MR) is 63.9 cm³/mol. The van der Waals surface area contributed by atoms with Gasteiger partial charge in [0, 0.05) is 13.1 Å². The summed E-state index contributed by atoms with van der Waals surface area (Å²) in [4.78, 5) is 27.3.